The summed E-state index contributed by atoms with van der Waals surface area (Å²) in [6.45, 7) is 0. The monoisotopic (exact) mass is 477 g/mol. The highest BCUT2D eigenvalue weighted by Gasteiger charge is 2.51. The maximum atomic E-state index is 12.2. The molecule has 0 aliphatic carbocycles. The summed E-state index contributed by atoms with van der Waals surface area (Å²) in [5, 5.41) is 7.62. The quantitative estimate of drug-likeness (QED) is 0.329. The van der Waals surface area contributed by atoms with E-state index < -0.39 is 15.1 Å². The van der Waals surface area contributed by atoms with Gasteiger partial charge in [-0.2, -0.15) is 0 Å². The lowest BCUT2D eigenvalue weighted by Gasteiger charge is -2.16. The summed E-state index contributed by atoms with van der Waals surface area (Å²) in [5.41, 5.74) is 0.756. The molecule has 2 aliphatic rings. The molecule has 0 unspecified atom stereocenters. The zero-order chi connectivity index (χ0) is 18.0. The van der Waals surface area contributed by atoms with Crippen LogP contribution in [0.4, 0.5) is 10.5 Å². The molecule has 2 saturated heterocycles. The van der Waals surface area contributed by atoms with Crippen molar-refractivity contribution in [1.82, 2.24) is 10.6 Å². The molecule has 3 rings (SSSR count). The van der Waals surface area contributed by atoms with Crippen LogP contribution < -0.4 is 16.0 Å². The van der Waals surface area contributed by atoms with Crippen LogP contribution in [0.5, 0.6) is 0 Å². The number of carbonyl (C=O) groups excluding carboxylic acids is 2. The van der Waals surface area contributed by atoms with Crippen molar-refractivity contribution in [1.29, 1.82) is 0 Å². The molecule has 0 saturated carbocycles. The Morgan fingerprint density at radius 2 is 1.92 bits per heavy atom. The number of amides is 3. The maximum absolute atomic E-state index is 12.2. The van der Waals surface area contributed by atoms with Gasteiger partial charge in [0.25, 0.3) is 0 Å². The first-order valence-electron chi connectivity index (χ1n) is 8.19. The minimum Gasteiger partial charge on any atom is -0.332 e. The highest BCUT2D eigenvalue weighted by atomic mass is 127. The van der Waals surface area contributed by atoms with E-state index in [2.05, 4.69) is 38.5 Å². The molecule has 3 N–H and O–H groups in total. The molecule has 0 aromatic heterocycles. The number of anilines is 1. The molecule has 3 amide bonds. The fourth-order valence-corrected chi connectivity index (χ4v) is 6.02. The van der Waals surface area contributed by atoms with E-state index in [4.69, 9.17) is 0 Å². The molecule has 3 atom stereocenters. The van der Waals surface area contributed by atoms with Crippen LogP contribution in [-0.2, 0) is 14.6 Å². The van der Waals surface area contributed by atoms with Crippen LogP contribution in [0, 0.1) is 3.57 Å². The molecule has 2 heterocycles. The van der Waals surface area contributed by atoms with E-state index in [0.29, 0.717) is 25.7 Å². The molecule has 1 aromatic carbocycles. The highest BCUT2D eigenvalue weighted by molar-refractivity contribution is 14.1. The Morgan fingerprint density at radius 3 is 2.64 bits per heavy atom. The van der Waals surface area contributed by atoms with Crippen LogP contribution in [0.1, 0.15) is 25.7 Å². The third-order valence-electron chi connectivity index (χ3n) is 4.59. The second-order valence-corrected chi connectivity index (χ2v) is 9.93. The standard InChI is InChI=1S/C16H20IN3O4S/c17-10-5-7-11(8-6-10)18-14(21)4-2-1-3-13-15-12(9-25(13,23)24)19-16(22)20-15/h5-8,12-13,15H,1-4,9H2,(H,18,21)(H2,19,20,22)/t12-,13-,15-/m1/s1. The Kier molecular flexibility index (Phi) is 5.52. The first-order valence-corrected chi connectivity index (χ1v) is 11.0. The van der Waals surface area contributed by atoms with E-state index >= 15 is 0 Å². The van der Waals surface area contributed by atoms with Gasteiger partial charge < -0.3 is 16.0 Å². The van der Waals surface area contributed by atoms with E-state index in [9.17, 15) is 18.0 Å². The summed E-state index contributed by atoms with van der Waals surface area (Å²) >= 11 is 2.20. The maximum Gasteiger partial charge on any atom is 0.315 e. The molecule has 1 aromatic rings. The summed E-state index contributed by atoms with van der Waals surface area (Å²) in [4.78, 5) is 23.3. The third-order valence-corrected chi connectivity index (χ3v) is 7.59. The van der Waals surface area contributed by atoms with Gasteiger partial charge in [0, 0.05) is 15.7 Å². The van der Waals surface area contributed by atoms with E-state index in [1.165, 1.54) is 0 Å². The highest BCUT2D eigenvalue weighted by Crippen LogP contribution is 2.28. The molecular weight excluding hydrogens is 457 g/mol. The fraction of sp³-hybridized carbons (Fsp3) is 0.500. The van der Waals surface area contributed by atoms with Crippen LogP contribution in [0.3, 0.4) is 0 Å². The number of carbonyl (C=O) groups is 2. The lowest BCUT2D eigenvalue weighted by atomic mass is 10.0. The van der Waals surface area contributed by atoms with Gasteiger partial charge in [0.05, 0.1) is 23.1 Å². The van der Waals surface area contributed by atoms with Gasteiger partial charge in [0.1, 0.15) is 0 Å². The van der Waals surface area contributed by atoms with E-state index in [-0.39, 0.29) is 29.8 Å². The minimum atomic E-state index is -3.20. The first-order chi connectivity index (χ1) is 11.8. The second-order valence-electron chi connectivity index (χ2n) is 6.42. The lowest BCUT2D eigenvalue weighted by molar-refractivity contribution is -0.116. The van der Waals surface area contributed by atoms with Gasteiger partial charge >= 0.3 is 6.03 Å². The number of rotatable bonds is 6. The molecule has 7 nitrogen and oxygen atoms in total. The summed E-state index contributed by atoms with van der Waals surface area (Å²) in [6, 6.07) is 6.56. The molecule has 0 radical (unpaired) electrons. The minimum absolute atomic E-state index is 0.00559. The van der Waals surface area contributed by atoms with Crippen molar-refractivity contribution in [3.05, 3.63) is 27.8 Å². The first kappa shape index (κ1) is 18.4. The van der Waals surface area contributed by atoms with Crippen molar-refractivity contribution < 1.29 is 18.0 Å². The number of unbranched alkanes of at least 4 members (excludes halogenated alkanes) is 1. The number of halogens is 1. The molecule has 2 aliphatic heterocycles. The number of fused-ring (bicyclic) bond motifs is 1. The third kappa shape index (κ3) is 4.43. The van der Waals surface area contributed by atoms with Crippen LogP contribution in [-0.4, -0.2) is 43.4 Å². The Bertz CT molecular complexity index is 766. The van der Waals surface area contributed by atoms with Gasteiger partial charge in [0.2, 0.25) is 5.91 Å². The average molecular weight is 477 g/mol. The number of urea groups is 1. The molecule has 25 heavy (non-hydrogen) atoms. The zero-order valence-electron chi connectivity index (χ0n) is 13.5. The summed E-state index contributed by atoms with van der Waals surface area (Å²) in [5.74, 6) is -0.0850. The van der Waals surface area contributed by atoms with Gasteiger partial charge in [-0.25, -0.2) is 13.2 Å². The van der Waals surface area contributed by atoms with Crippen molar-refractivity contribution in [2.45, 2.75) is 43.0 Å². The number of sulfone groups is 1. The van der Waals surface area contributed by atoms with Gasteiger partial charge in [-0.05, 0) is 59.7 Å². The largest absolute Gasteiger partial charge is 0.332 e. The average Bonchev–Trinajstić information content (AvgIpc) is 2.98. The van der Waals surface area contributed by atoms with Gasteiger partial charge in [0.15, 0.2) is 9.84 Å². The summed E-state index contributed by atoms with van der Waals surface area (Å²) in [6.07, 6.45) is 2.05. The molecule has 9 heteroatoms. The van der Waals surface area contributed by atoms with Crippen LogP contribution >= 0.6 is 22.6 Å². The van der Waals surface area contributed by atoms with Crippen LogP contribution in [0.15, 0.2) is 24.3 Å². The topological polar surface area (TPSA) is 104 Å². The number of nitrogens with one attached hydrogen (secondary N) is 3. The molecule has 2 fully saturated rings. The molecule has 136 valence electrons. The lowest BCUT2D eigenvalue weighted by Crippen LogP contribution is -2.39. The van der Waals surface area contributed by atoms with Crippen molar-refractivity contribution in [3.63, 3.8) is 0 Å². The summed E-state index contributed by atoms with van der Waals surface area (Å²) in [7, 11) is -3.20. The van der Waals surface area contributed by atoms with Gasteiger partial charge in [-0.3, -0.25) is 4.79 Å². The van der Waals surface area contributed by atoms with Crippen LogP contribution in [0.2, 0.25) is 0 Å². The number of hydrogen-bond acceptors (Lipinski definition) is 4. The second kappa shape index (κ2) is 7.48. The normalized spacial score (nSPS) is 26.6. The SMILES string of the molecule is O=C(CCCC[C@@H]1[C@@H]2NC(=O)N[C@@H]2CS1(=O)=O)Nc1ccc(I)cc1. The number of hydrogen-bond donors (Lipinski definition) is 3. The van der Waals surface area contributed by atoms with Gasteiger partial charge in [-0.1, -0.05) is 6.42 Å². The van der Waals surface area contributed by atoms with Gasteiger partial charge in [-0.15, -0.1) is 0 Å². The van der Waals surface area contributed by atoms with Crippen molar-refractivity contribution in [2.75, 3.05) is 11.1 Å². The molecular formula is C16H20IN3O4S. The van der Waals surface area contributed by atoms with E-state index in [0.717, 1.165) is 9.26 Å². The Balaban J connectivity index is 1.44. The van der Waals surface area contributed by atoms with Crippen molar-refractivity contribution in [3.8, 4) is 0 Å². The smallest absolute Gasteiger partial charge is 0.315 e. The van der Waals surface area contributed by atoms with Crippen molar-refractivity contribution in [2.24, 2.45) is 0 Å². The van der Waals surface area contributed by atoms with Crippen LogP contribution in [0.25, 0.3) is 0 Å². The predicted octanol–water partition coefficient (Wildman–Crippen LogP) is 1.64. The molecule has 0 spiro atoms. The van der Waals surface area contributed by atoms with E-state index in [1.807, 2.05) is 24.3 Å². The Morgan fingerprint density at radius 1 is 1.20 bits per heavy atom. The van der Waals surface area contributed by atoms with E-state index in [1.54, 1.807) is 0 Å². The Hall–Kier alpha value is -1.36. The number of benzene rings is 1. The van der Waals surface area contributed by atoms with Crippen molar-refractivity contribution >= 4 is 50.1 Å². The molecule has 0 bridgehead atoms. The fourth-order valence-electron chi connectivity index (χ4n) is 3.39. The predicted molar refractivity (Wildman–Crippen MR) is 103 cm³/mol. The summed E-state index contributed by atoms with van der Waals surface area (Å²) < 4.78 is 25.5. The Labute approximate surface area is 160 Å². The zero-order valence-corrected chi connectivity index (χ0v) is 16.5.